The molecule has 8 heteroatoms. The lowest BCUT2D eigenvalue weighted by molar-refractivity contribution is 0.0950. The van der Waals surface area contributed by atoms with Crippen molar-refractivity contribution in [1.82, 2.24) is 25.0 Å². The number of thiophene rings is 1. The van der Waals surface area contributed by atoms with Crippen molar-refractivity contribution in [2.75, 3.05) is 31.1 Å². The lowest BCUT2D eigenvalue weighted by Gasteiger charge is -2.30. The van der Waals surface area contributed by atoms with Gasteiger partial charge in [-0.15, -0.1) is 11.3 Å². The van der Waals surface area contributed by atoms with Crippen molar-refractivity contribution in [2.45, 2.75) is 34.2 Å². The standard InChI is InChI=1S/C24H26N6OS.C2H6/c1-16-3-5-18(12-26-16)13-28-24(31)19-11-20(29-9-7-25-8-10-29)23-27-14-21(30(23)15-19)22-6-4-17(2)32-22;1-2/h3-6,11-12,14-15,25H,7-10,13H2,1-2H3,(H,28,31);1-2H3. The molecule has 0 spiro atoms. The number of amides is 1. The molecular formula is C26H32N6OS. The number of rotatable bonds is 5. The van der Waals surface area contributed by atoms with Gasteiger partial charge in [-0.2, -0.15) is 0 Å². The minimum Gasteiger partial charge on any atom is -0.366 e. The number of nitrogens with one attached hydrogen (secondary N) is 2. The van der Waals surface area contributed by atoms with Gasteiger partial charge in [0.2, 0.25) is 0 Å². The number of fused-ring (bicyclic) bond motifs is 1. The Morgan fingerprint density at radius 3 is 2.56 bits per heavy atom. The molecule has 7 nitrogen and oxygen atoms in total. The van der Waals surface area contributed by atoms with E-state index in [1.165, 1.54) is 4.88 Å². The molecule has 2 N–H and O–H groups in total. The fraction of sp³-hybridized carbons (Fsp3) is 0.346. The summed E-state index contributed by atoms with van der Waals surface area (Å²) in [6, 6.07) is 10.1. The second-order valence-electron chi connectivity index (χ2n) is 8.09. The average molecular weight is 477 g/mol. The summed E-state index contributed by atoms with van der Waals surface area (Å²) in [5.74, 6) is -0.106. The topological polar surface area (TPSA) is 74.6 Å². The molecule has 1 saturated heterocycles. The first-order chi connectivity index (χ1) is 16.6. The van der Waals surface area contributed by atoms with Crippen molar-refractivity contribution < 1.29 is 4.79 Å². The highest BCUT2D eigenvalue weighted by atomic mass is 32.1. The lowest BCUT2D eigenvalue weighted by Crippen LogP contribution is -2.43. The SMILES string of the molecule is CC.Cc1ccc(CNC(=O)c2cc(N3CCNCC3)c3ncc(-c4ccc(C)s4)n3c2)cn1. The van der Waals surface area contributed by atoms with Crippen molar-refractivity contribution in [3.63, 3.8) is 0 Å². The van der Waals surface area contributed by atoms with Crippen LogP contribution in [0.4, 0.5) is 5.69 Å². The van der Waals surface area contributed by atoms with Gasteiger partial charge in [0.25, 0.3) is 5.91 Å². The van der Waals surface area contributed by atoms with Crippen LogP contribution in [0.5, 0.6) is 0 Å². The van der Waals surface area contributed by atoms with Crippen LogP contribution in [-0.2, 0) is 6.54 Å². The number of piperazine rings is 1. The summed E-state index contributed by atoms with van der Waals surface area (Å²) >= 11 is 1.73. The zero-order valence-corrected chi connectivity index (χ0v) is 21.1. The number of aryl methyl sites for hydroxylation is 2. The maximum atomic E-state index is 13.1. The smallest absolute Gasteiger partial charge is 0.253 e. The van der Waals surface area contributed by atoms with Gasteiger partial charge in [0, 0.05) is 55.7 Å². The van der Waals surface area contributed by atoms with E-state index >= 15 is 0 Å². The van der Waals surface area contributed by atoms with Crippen LogP contribution < -0.4 is 15.5 Å². The van der Waals surface area contributed by atoms with Crippen LogP contribution >= 0.6 is 11.3 Å². The highest BCUT2D eigenvalue weighted by Gasteiger charge is 2.20. The van der Waals surface area contributed by atoms with E-state index in [2.05, 4.69) is 44.0 Å². The van der Waals surface area contributed by atoms with Gasteiger partial charge in [-0.3, -0.25) is 14.2 Å². The monoisotopic (exact) mass is 476 g/mol. The highest BCUT2D eigenvalue weighted by molar-refractivity contribution is 7.15. The Morgan fingerprint density at radius 1 is 1.09 bits per heavy atom. The second kappa shape index (κ2) is 10.8. The number of imidazole rings is 1. The first-order valence-electron chi connectivity index (χ1n) is 11.8. The largest absolute Gasteiger partial charge is 0.366 e. The predicted molar refractivity (Wildman–Crippen MR) is 140 cm³/mol. The molecule has 1 aliphatic rings. The number of carbonyl (C=O) groups excluding carboxylic acids is 1. The van der Waals surface area contributed by atoms with Crippen molar-refractivity contribution in [1.29, 1.82) is 0 Å². The molecular weight excluding hydrogens is 444 g/mol. The van der Waals surface area contributed by atoms with Gasteiger partial charge in [0.1, 0.15) is 0 Å². The molecule has 178 valence electrons. The summed E-state index contributed by atoms with van der Waals surface area (Å²) in [6.45, 7) is 12.1. The molecule has 0 atom stereocenters. The Balaban J connectivity index is 0.00000133. The number of aromatic nitrogens is 3. The van der Waals surface area contributed by atoms with E-state index in [4.69, 9.17) is 4.98 Å². The average Bonchev–Trinajstić information content (AvgIpc) is 3.50. The summed E-state index contributed by atoms with van der Waals surface area (Å²) in [5.41, 5.74) is 5.45. The minimum atomic E-state index is -0.106. The van der Waals surface area contributed by atoms with Crippen LogP contribution in [0, 0.1) is 13.8 Å². The first kappa shape index (κ1) is 23.9. The van der Waals surface area contributed by atoms with Crippen LogP contribution in [0.3, 0.4) is 0 Å². The van der Waals surface area contributed by atoms with Crippen LogP contribution in [0.2, 0.25) is 0 Å². The van der Waals surface area contributed by atoms with E-state index in [0.717, 1.165) is 59.3 Å². The maximum absolute atomic E-state index is 13.1. The summed E-state index contributed by atoms with van der Waals surface area (Å²) in [6.07, 6.45) is 5.62. The number of anilines is 1. The molecule has 4 aromatic heterocycles. The summed E-state index contributed by atoms with van der Waals surface area (Å²) < 4.78 is 2.06. The maximum Gasteiger partial charge on any atom is 0.253 e. The Bertz CT molecular complexity index is 1250. The molecule has 0 radical (unpaired) electrons. The van der Waals surface area contributed by atoms with Crippen LogP contribution in [0.25, 0.3) is 16.2 Å². The van der Waals surface area contributed by atoms with Crippen molar-refractivity contribution in [3.8, 4) is 10.6 Å². The molecule has 0 aromatic carbocycles. The fourth-order valence-corrected chi connectivity index (χ4v) is 4.85. The zero-order valence-electron chi connectivity index (χ0n) is 20.3. The number of pyridine rings is 2. The third-order valence-electron chi connectivity index (χ3n) is 5.72. The van der Waals surface area contributed by atoms with Gasteiger partial charge in [-0.25, -0.2) is 4.98 Å². The van der Waals surface area contributed by atoms with Gasteiger partial charge < -0.3 is 15.5 Å². The molecule has 5 heterocycles. The fourth-order valence-electron chi connectivity index (χ4n) is 3.97. The molecule has 1 amide bonds. The predicted octanol–water partition coefficient (Wildman–Crippen LogP) is 4.44. The van der Waals surface area contributed by atoms with E-state index in [9.17, 15) is 4.79 Å². The summed E-state index contributed by atoms with van der Waals surface area (Å²) in [7, 11) is 0. The zero-order chi connectivity index (χ0) is 24.1. The number of carbonyl (C=O) groups is 1. The molecule has 0 aliphatic carbocycles. The van der Waals surface area contributed by atoms with E-state index in [0.29, 0.717) is 12.1 Å². The molecule has 0 saturated carbocycles. The first-order valence-corrected chi connectivity index (χ1v) is 12.6. The van der Waals surface area contributed by atoms with Gasteiger partial charge in [-0.05, 0) is 43.7 Å². The molecule has 1 fully saturated rings. The van der Waals surface area contributed by atoms with Crippen molar-refractivity contribution in [3.05, 3.63) is 70.6 Å². The van der Waals surface area contributed by atoms with Gasteiger partial charge in [0.15, 0.2) is 5.65 Å². The Morgan fingerprint density at radius 2 is 1.88 bits per heavy atom. The quantitative estimate of drug-likeness (QED) is 0.445. The van der Waals surface area contributed by atoms with Gasteiger partial charge in [0.05, 0.1) is 28.0 Å². The molecule has 4 aromatic rings. The normalized spacial score (nSPS) is 13.5. The van der Waals surface area contributed by atoms with Gasteiger partial charge >= 0.3 is 0 Å². The number of hydrogen-bond donors (Lipinski definition) is 2. The molecule has 1 aliphatic heterocycles. The number of nitrogens with zero attached hydrogens (tertiary/aromatic N) is 4. The van der Waals surface area contributed by atoms with Crippen LogP contribution in [0.15, 0.2) is 48.9 Å². The second-order valence-corrected chi connectivity index (χ2v) is 9.38. The van der Waals surface area contributed by atoms with Crippen molar-refractivity contribution in [2.24, 2.45) is 0 Å². The van der Waals surface area contributed by atoms with E-state index in [1.54, 1.807) is 17.5 Å². The highest BCUT2D eigenvalue weighted by Crippen LogP contribution is 2.32. The van der Waals surface area contributed by atoms with E-state index in [-0.39, 0.29) is 5.91 Å². The summed E-state index contributed by atoms with van der Waals surface area (Å²) in [4.78, 5) is 26.9. The third kappa shape index (κ3) is 5.13. The Kier molecular flexibility index (Phi) is 7.59. The van der Waals surface area contributed by atoms with E-state index < -0.39 is 0 Å². The minimum absolute atomic E-state index is 0.106. The Hall–Kier alpha value is -3.23. The Labute approximate surface area is 204 Å². The molecule has 34 heavy (non-hydrogen) atoms. The summed E-state index contributed by atoms with van der Waals surface area (Å²) in [5, 5.41) is 6.44. The van der Waals surface area contributed by atoms with E-state index in [1.807, 2.05) is 51.4 Å². The van der Waals surface area contributed by atoms with Gasteiger partial charge in [-0.1, -0.05) is 19.9 Å². The molecule has 0 unspecified atom stereocenters. The number of hydrogen-bond acceptors (Lipinski definition) is 6. The van der Waals surface area contributed by atoms with Crippen molar-refractivity contribution >= 4 is 28.6 Å². The lowest BCUT2D eigenvalue weighted by atomic mass is 10.2. The third-order valence-corrected chi connectivity index (χ3v) is 6.75. The molecule has 5 rings (SSSR count). The van der Waals surface area contributed by atoms with Crippen LogP contribution in [0.1, 0.15) is 40.3 Å². The molecule has 0 bridgehead atoms. The van der Waals surface area contributed by atoms with Crippen LogP contribution in [-0.4, -0.2) is 46.5 Å².